The zero-order valence-electron chi connectivity index (χ0n) is 22.0. The van der Waals surface area contributed by atoms with Crippen molar-refractivity contribution in [3.8, 4) is 0 Å². The third kappa shape index (κ3) is 25.0. The molecule has 0 aliphatic carbocycles. The summed E-state index contributed by atoms with van der Waals surface area (Å²) >= 11 is 0. The highest BCUT2D eigenvalue weighted by atomic mass is 16.6. The fourth-order valence-electron chi connectivity index (χ4n) is 3.44. The number of likely N-dealkylation sites (N-methyl/N-ethyl adjacent to an activating group) is 1. The zero-order valence-corrected chi connectivity index (χ0v) is 22.0. The highest BCUT2D eigenvalue weighted by Crippen LogP contribution is 2.09. The molecule has 0 amide bonds. The minimum atomic E-state index is -0.328. The van der Waals surface area contributed by atoms with Crippen LogP contribution in [0.4, 0.5) is 0 Å². The van der Waals surface area contributed by atoms with E-state index in [0.717, 1.165) is 12.8 Å². The lowest BCUT2D eigenvalue weighted by Crippen LogP contribution is -2.33. The molecule has 0 saturated carbocycles. The fraction of sp³-hybridized carbons (Fsp3) is 0.786. The molecular formula is C28H51NO4. The molecule has 192 valence electrons. The topological polar surface area (TPSA) is 55.8 Å². The summed E-state index contributed by atoms with van der Waals surface area (Å²) < 4.78 is 11.2. The van der Waals surface area contributed by atoms with Crippen molar-refractivity contribution in [1.82, 2.24) is 4.90 Å². The van der Waals surface area contributed by atoms with Crippen molar-refractivity contribution in [3.63, 3.8) is 0 Å². The Kier molecular flexibility index (Phi) is 22.6. The number of ether oxygens (including phenoxy) is 2. The van der Waals surface area contributed by atoms with E-state index in [2.05, 4.69) is 31.2 Å². The Morgan fingerprint density at radius 1 is 0.818 bits per heavy atom. The number of carbonyl (C=O) groups excluding carboxylic acids is 2. The smallest absolute Gasteiger partial charge is 0.306 e. The molecule has 0 aromatic carbocycles. The number of hydrogen-bond donors (Lipinski definition) is 0. The SMILES string of the molecule is CCCCC/C=C\C/C=C\CCCCCCCCOC(COC(=O)CCC(C)=O)CN(C)C. The van der Waals surface area contributed by atoms with E-state index in [1.165, 1.54) is 71.1 Å². The average molecular weight is 466 g/mol. The number of Topliss-reactive ketones (excluding diaryl/α,β-unsaturated/α-hetero) is 1. The van der Waals surface area contributed by atoms with Crippen LogP contribution >= 0.6 is 0 Å². The minimum Gasteiger partial charge on any atom is -0.463 e. The van der Waals surface area contributed by atoms with Gasteiger partial charge >= 0.3 is 5.97 Å². The Morgan fingerprint density at radius 2 is 1.42 bits per heavy atom. The van der Waals surface area contributed by atoms with Crippen molar-refractivity contribution < 1.29 is 19.1 Å². The van der Waals surface area contributed by atoms with Crippen molar-refractivity contribution in [2.24, 2.45) is 0 Å². The molecule has 1 unspecified atom stereocenters. The summed E-state index contributed by atoms with van der Waals surface area (Å²) in [4.78, 5) is 24.7. The number of esters is 1. The largest absolute Gasteiger partial charge is 0.463 e. The van der Waals surface area contributed by atoms with Gasteiger partial charge in [0.1, 0.15) is 18.5 Å². The van der Waals surface area contributed by atoms with Crippen LogP contribution in [0.25, 0.3) is 0 Å². The van der Waals surface area contributed by atoms with Gasteiger partial charge in [0.2, 0.25) is 0 Å². The molecule has 0 N–H and O–H groups in total. The summed E-state index contributed by atoms with van der Waals surface area (Å²) in [6.45, 7) is 5.38. The van der Waals surface area contributed by atoms with Crippen LogP contribution in [-0.2, 0) is 19.1 Å². The molecular weight excluding hydrogens is 414 g/mol. The third-order valence-electron chi connectivity index (χ3n) is 5.38. The molecule has 0 heterocycles. The first-order valence-corrected chi connectivity index (χ1v) is 13.2. The van der Waals surface area contributed by atoms with Gasteiger partial charge < -0.3 is 19.2 Å². The minimum absolute atomic E-state index is 0.00503. The summed E-state index contributed by atoms with van der Waals surface area (Å²) in [6.07, 6.45) is 24.2. The highest BCUT2D eigenvalue weighted by Gasteiger charge is 2.14. The molecule has 0 fully saturated rings. The van der Waals surface area contributed by atoms with Gasteiger partial charge in [-0.1, -0.05) is 69.8 Å². The number of hydrogen-bond acceptors (Lipinski definition) is 5. The number of carbonyl (C=O) groups is 2. The second kappa shape index (κ2) is 23.7. The predicted molar refractivity (Wildman–Crippen MR) is 139 cm³/mol. The maximum Gasteiger partial charge on any atom is 0.306 e. The fourth-order valence-corrected chi connectivity index (χ4v) is 3.44. The summed E-state index contributed by atoms with van der Waals surface area (Å²) in [5.74, 6) is -0.322. The monoisotopic (exact) mass is 465 g/mol. The van der Waals surface area contributed by atoms with E-state index in [1.54, 1.807) is 0 Å². The molecule has 0 spiro atoms. The predicted octanol–water partition coefficient (Wildman–Crippen LogP) is 6.66. The summed E-state index contributed by atoms with van der Waals surface area (Å²) in [7, 11) is 3.96. The molecule has 0 rings (SSSR count). The van der Waals surface area contributed by atoms with Crippen LogP contribution in [0.15, 0.2) is 24.3 Å². The Hall–Kier alpha value is -1.46. The van der Waals surface area contributed by atoms with Gasteiger partial charge in [0, 0.05) is 19.6 Å². The Labute approximate surface area is 204 Å². The second-order valence-corrected chi connectivity index (χ2v) is 9.22. The van der Waals surface area contributed by atoms with Crippen LogP contribution in [0.3, 0.4) is 0 Å². The van der Waals surface area contributed by atoms with Crippen molar-refractivity contribution in [2.45, 2.75) is 110 Å². The normalized spacial score (nSPS) is 12.8. The molecule has 0 saturated heterocycles. The second-order valence-electron chi connectivity index (χ2n) is 9.22. The van der Waals surface area contributed by atoms with Gasteiger partial charge in [0.15, 0.2) is 0 Å². The number of unbranched alkanes of at least 4 members (excludes halogenated alkanes) is 9. The molecule has 0 aromatic rings. The van der Waals surface area contributed by atoms with Gasteiger partial charge in [0.25, 0.3) is 0 Å². The van der Waals surface area contributed by atoms with E-state index in [1.807, 2.05) is 19.0 Å². The van der Waals surface area contributed by atoms with E-state index in [0.29, 0.717) is 13.2 Å². The zero-order chi connectivity index (χ0) is 24.6. The maximum atomic E-state index is 11.7. The highest BCUT2D eigenvalue weighted by molar-refractivity contribution is 5.80. The number of allylic oxidation sites excluding steroid dienone is 4. The first-order valence-electron chi connectivity index (χ1n) is 13.2. The van der Waals surface area contributed by atoms with Crippen LogP contribution in [0.1, 0.15) is 104 Å². The molecule has 5 nitrogen and oxygen atoms in total. The van der Waals surface area contributed by atoms with Crippen LogP contribution in [-0.4, -0.2) is 56.6 Å². The number of ketones is 1. The third-order valence-corrected chi connectivity index (χ3v) is 5.38. The van der Waals surface area contributed by atoms with E-state index in [-0.39, 0.29) is 37.3 Å². The van der Waals surface area contributed by atoms with Gasteiger partial charge in [-0.15, -0.1) is 0 Å². The lowest BCUT2D eigenvalue weighted by molar-refractivity contribution is -0.149. The van der Waals surface area contributed by atoms with Gasteiger partial charge in [-0.05, 0) is 59.5 Å². The summed E-state index contributed by atoms with van der Waals surface area (Å²) in [6, 6.07) is 0. The number of rotatable bonds is 23. The first kappa shape index (κ1) is 31.5. The molecule has 1 atom stereocenters. The lowest BCUT2D eigenvalue weighted by atomic mass is 10.1. The van der Waals surface area contributed by atoms with Gasteiger partial charge in [-0.3, -0.25) is 4.79 Å². The van der Waals surface area contributed by atoms with E-state index in [4.69, 9.17) is 9.47 Å². The van der Waals surface area contributed by atoms with Crippen molar-refractivity contribution in [1.29, 1.82) is 0 Å². The Bertz CT molecular complexity index is 528. The van der Waals surface area contributed by atoms with E-state index < -0.39 is 0 Å². The standard InChI is InChI=1S/C28H51NO4/c1-5-6-7-8-9-10-11-12-13-14-15-16-17-18-19-20-23-32-27(24-29(3)4)25-33-28(31)22-21-26(2)30/h9-10,12-13,27H,5-8,11,14-25H2,1-4H3/b10-9-,13-12-. The van der Waals surface area contributed by atoms with Crippen molar-refractivity contribution in [3.05, 3.63) is 24.3 Å². The average Bonchev–Trinajstić information content (AvgIpc) is 2.77. The van der Waals surface area contributed by atoms with E-state index in [9.17, 15) is 9.59 Å². The summed E-state index contributed by atoms with van der Waals surface area (Å²) in [5.41, 5.74) is 0. The van der Waals surface area contributed by atoms with Crippen LogP contribution < -0.4 is 0 Å². The van der Waals surface area contributed by atoms with E-state index >= 15 is 0 Å². The summed E-state index contributed by atoms with van der Waals surface area (Å²) in [5, 5.41) is 0. The van der Waals surface area contributed by atoms with Gasteiger partial charge in [0.05, 0.1) is 6.42 Å². The molecule has 0 bridgehead atoms. The molecule has 0 aromatic heterocycles. The van der Waals surface area contributed by atoms with Crippen LogP contribution in [0.2, 0.25) is 0 Å². The van der Waals surface area contributed by atoms with Gasteiger partial charge in [-0.25, -0.2) is 0 Å². The lowest BCUT2D eigenvalue weighted by Gasteiger charge is -2.21. The maximum absolute atomic E-state index is 11.7. The van der Waals surface area contributed by atoms with Gasteiger partial charge in [-0.2, -0.15) is 0 Å². The molecule has 5 heteroatoms. The molecule has 0 aliphatic heterocycles. The van der Waals surface area contributed by atoms with Crippen molar-refractivity contribution >= 4 is 11.8 Å². The molecule has 33 heavy (non-hydrogen) atoms. The molecule has 0 radical (unpaired) electrons. The quantitative estimate of drug-likeness (QED) is 0.0959. The number of nitrogens with zero attached hydrogens (tertiary/aromatic N) is 1. The van der Waals surface area contributed by atoms with Crippen LogP contribution in [0, 0.1) is 0 Å². The first-order chi connectivity index (χ1) is 16.0. The van der Waals surface area contributed by atoms with Crippen LogP contribution in [0.5, 0.6) is 0 Å². The Balaban J connectivity index is 3.67. The Morgan fingerprint density at radius 3 is 2.03 bits per heavy atom. The molecule has 0 aliphatic rings. The van der Waals surface area contributed by atoms with Crippen molar-refractivity contribution in [2.75, 3.05) is 33.9 Å².